The maximum atomic E-state index is 12.4. The number of fused-ring (bicyclic) bond motifs is 1. The molecule has 3 saturated heterocycles. The molecular formula is C14H25N3O2. The van der Waals surface area contributed by atoms with Crippen LogP contribution in [0.3, 0.4) is 0 Å². The highest BCUT2D eigenvalue weighted by atomic mass is 16.5. The lowest BCUT2D eigenvalue weighted by molar-refractivity contribution is 0.0521. The van der Waals surface area contributed by atoms with E-state index in [0.29, 0.717) is 18.6 Å². The van der Waals surface area contributed by atoms with Gasteiger partial charge in [0.15, 0.2) is 0 Å². The van der Waals surface area contributed by atoms with E-state index < -0.39 is 0 Å². The second-order valence-electron chi connectivity index (χ2n) is 6.22. The third kappa shape index (κ3) is 2.87. The van der Waals surface area contributed by atoms with Gasteiger partial charge in [-0.15, -0.1) is 0 Å². The highest BCUT2D eigenvalue weighted by molar-refractivity contribution is 5.75. The predicted octanol–water partition coefficient (Wildman–Crippen LogP) is 0.901. The van der Waals surface area contributed by atoms with Crippen molar-refractivity contribution in [3.63, 3.8) is 0 Å². The van der Waals surface area contributed by atoms with Crippen molar-refractivity contribution >= 4 is 6.03 Å². The number of piperidine rings is 2. The molecule has 0 spiro atoms. The van der Waals surface area contributed by atoms with Gasteiger partial charge >= 0.3 is 6.03 Å². The molecule has 0 aliphatic carbocycles. The number of urea groups is 1. The Morgan fingerprint density at radius 3 is 2.95 bits per heavy atom. The molecule has 0 aromatic rings. The average molecular weight is 267 g/mol. The van der Waals surface area contributed by atoms with Gasteiger partial charge in [0.1, 0.15) is 0 Å². The van der Waals surface area contributed by atoms with E-state index in [1.165, 1.54) is 6.42 Å². The van der Waals surface area contributed by atoms with Crippen LogP contribution in [0, 0.1) is 5.92 Å². The summed E-state index contributed by atoms with van der Waals surface area (Å²) in [5, 5.41) is 3.14. The molecule has 5 heteroatoms. The first-order valence-electron chi connectivity index (χ1n) is 7.57. The van der Waals surface area contributed by atoms with E-state index in [1.807, 2.05) is 0 Å². The number of amides is 2. The number of nitrogens with zero attached hydrogens (tertiary/aromatic N) is 2. The number of likely N-dealkylation sites (tertiary alicyclic amines) is 2. The standard InChI is InChI=1S/C14H25N3O2/c1-16-7-4-13-11(9-16)3-2-6-17(13)14(18)15-12-5-8-19-10-12/h11-13H,2-10H2,1H3,(H,15,18)/t11-,12+,13-/m1/s1. The number of nitrogens with one attached hydrogen (secondary N) is 1. The third-order valence-electron chi connectivity index (χ3n) is 4.79. The Balaban J connectivity index is 1.60. The molecule has 108 valence electrons. The van der Waals surface area contributed by atoms with Crippen molar-refractivity contribution in [3.05, 3.63) is 0 Å². The summed E-state index contributed by atoms with van der Waals surface area (Å²) in [5.74, 6) is 0.665. The zero-order valence-electron chi connectivity index (χ0n) is 11.8. The predicted molar refractivity (Wildman–Crippen MR) is 73.1 cm³/mol. The number of carbonyl (C=O) groups is 1. The molecule has 0 unspecified atom stereocenters. The smallest absolute Gasteiger partial charge is 0.317 e. The van der Waals surface area contributed by atoms with Gasteiger partial charge < -0.3 is 19.9 Å². The molecule has 3 aliphatic rings. The quantitative estimate of drug-likeness (QED) is 0.768. The van der Waals surface area contributed by atoms with E-state index >= 15 is 0 Å². The first kappa shape index (κ1) is 13.2. The first-order valence-corrected chi connectivity index (χ1v) is 7.57. The Hall–Kier alpha value is -0.810. The molecule has 3 rings (SSSR count). The fourth-order valence-electron chi connectivity index (χ4n) is 3.74. The van der Waals surface area contributed by atoms with Gasteiger partial charge in [-0.2, -0.15) is 0 Å². The van der Waals surface area contributed by atoms with E-state index in [1.54, 1.807) is 0 Å². The monoisotopic (exact) mass is 267 g/mol. The topological polar surface area (TPSA) is 44.8 Å². The van der Waals surface area contributed by atoms with Crippen molar-refractivity contribution in [1.29, 1.82) is 0 Å². The van der Waals surface area contributed by atoms with Gasteiger partial charge in [-0.25, -0.2) is 4.79 Å². The summed E-state index contributed by atoms with van der Waals surface area (Å²) in [6, 6.07) is 0.807. The lowest BCUT2D eigenvalue weighted by atomic mass is 9.84. The second-order valence-corrected chi connectivity index (χ2v) is 6.22. The fourth-order valence-corrected chi connectivity index (χ4v) is 3.74. The molecular weight excluding hydrogens is 242 g/mol. The normalized spacial score (nSPS) is 36.1. The molecule has 0 bridgehead atoms. The summed E-state index contributed by atoms with van der Waals surface area (Å²) >= 11 is 0. The number of carbonyl (C=O) groups excluding carboxylic acids is 1. The van der Waals surface area contributed by atoms with Crippen LogP contribution in [0.25, 0.3) is 0 Å². The van der Waals surface area contributed by atoms with Crippen molar-refractivity contribution in [2.45, 2.75) is 37.8 Å². The minimum Gasteiger partial charge on any atom is -0.379 e. The fraction of sp³-hybridized carbons (Fsp3) is 0.929. The third-order valence-corrected chi connectivity index (χ3v) is 4.79. The lowest BCUT2D eigenvalue weighted by Gasteiger charge is -2.46. The van der Waals surface area contributed by atoms with Crippen LogP contribution in [-0.4, -0.2) is 67.8 Å². The Kier molecular flexibility index (Phi) is 3.93. The van der Waals surface area contributed by atoms with Crippen LogP contribution in [0.4, 0.5) is 4.79 Å². The lowest BCUT2D eigenvalue weighted by Crippen LogP contribution is -2.58. The highest BCUT2D eigenvalue weighted by Gasteiger charge is 2.37. The molecule has 2 amide bonds. The van der Waals surface area contributed by atoms with Gasteiger partial charge in [0.2, 0.25) is 0 Å². The van der Waals surface area contributed by atoms with E-state index in [2.05, 4.69) is 22.2 Å². The summed E-state index contributed by atoms with van der Waals surface area (Å²) in [4.78, 5) is 16.9. The molecule has 0 aromatic carbocycles. The Bertz CT molecular complexity index is 331. The van der Waals surface area contributed by atoms with Gasteiger partial charge in [-0.1, -0.05) is 0 Å². The minimum absolute atomic E-state index is 0.134. The molecule has 3 heterocycles. The highest BCUT2D eigenvalue weighted by Crippen LogP contribution is 2.30. The molecule has 5 nitrogen and oxygen atoms in total. The molecule has 3 aliphatic heterocycles. The maximum Gasteiger partial charge on any atom is 0.317 e. The molecule has 0 saturated carbocycles. The summed E-state index contributed by atoms with van der Waals surface area (Å²) in [7, 11) is 2.19. The summed E-state index contributed by atoms with van der Waals surface area (Å²) < 4.78 is 5.33. The Labute approximate surface area is 115 Å². The van der Waals surface area contributed by atoms with Crippen LogP contribution in [-0.2, 0) is 4.74 Å². The van der Waals surface area contributed by atoms with Gasteiger partial charge in [0.05, 0.1) is 12.6 Å². The van der Waals surface area contributed by atoms with Crippen LogP contribution in [0.1, 0.15) is 25.7 Å². The maximum absolute atomic E-state index is 12.4. The summed E-state index contributed by atoms with van der Waals surface area (Å²) in [6.07, 6.45) is 4.49. The van der Waals surface area contributed by atoms with Gasteiger partial charge in [0, 0.05) is 25.7 Å². The van der Waals surface area contributed by atoms with E-state index in [9.17, 15) is 4.79 Å². The van der Waals surface area contributed by atoms with Gasteiger partial charge in [0.25, 0.3) is 0 Å². The van der Waals surface area contributed by atoms with Crippen LogP contribution in [0.5, 0.6) is 0 Å². The number of rotatable bonds is 1. The molecule has 0 aromatic heterocycles. The van der Waals surface area contributed by atoms with Gasteiger partial charge in [-0.05, 0) is 45.2 Å². The number of ether oxygens (including phenoxy) is 1. The van der Waals surface area contributed by atoms with Crippen molar-refractivity contribution < 1.29 is 9.53 Å². The van der Waals surface area contributed by atoms with Crippen LogP contribution in [0.15, 0.2) is 0 Å². The number of hydrogen-bond acceptors (Lipinski definition) is 3. The van der Waals surface area contributed by atoms with Crippen molar-refractivity contribution in [2.75, 3.05) is 39.9 Å². The Morgan fingerprint density at radius 2 is 2.16 bits per heavy atom. The average Bonchev–Trinajstić information content (AvgIpc) is 2.90. The molecule has 1 N–H and O–H groups in total. The van der Waals surface area contributed by atoms with Crippen LogP contribution >= 0.6 is 0 Å². The van der Waals surface area contributed by atoms with E-state index in [-0.39, 0.29) is 12.1 Å². The van der Waals surface area contributed by atoms with E-state index in [0.717, 1.165) is 45.5 Å². The second kappa shape index (κ2) is 5.67. The minimum atomic E-state index is 0.134. The van der Waals surface area contributed by atoms with Crippen molar-refractivity contribution in [2.24, 2.45) is 5.92 Å². The zero-order chi connectivity index (χ0) is 13.2. The Morgan fingerprint density at radius 1 is 1.26 bits per heavy atom. The SMILES string of the molecule is CN1CC[C@@H]2[C@H](CCCN2C(=O)N[C@H]2CCOC2)C1. The van der Waals surface area contributed by atoms with Gasteiger partial charge in [-0.3, -0.25) is 0 Å². The number of hydrogen-bond donors (Lipinski definition) is 1. The zero-order valence-corrected chi connectivity index (χ0v) is 11.8. The summed E-state index contributed by atoms with van der Waals surface area (Å²) in [5.41, 5.74) is 0. The molecule has 3 fully saturated rings. The van der Waals surface area contributed by atoms with Crippen molar-refractivity contribution in [3.8, 4) is 0 Å². The molecule has 0 radical (unpaired) electrons. The largest absolute Gasteiger partial charge is 0.379 e. The summed E-state index contributed by atoms with van der Waals surface area (Å²) in [6.45, 7) is 4.63. The van der Waals surface area contributed by atoms with Crippen LogP contribution in [0.2, 0.25) is 0 Å². The molecule has 3 atom stereocenters. The van der Waals surface area contributed by atoms with E-state index in [4.69, 9.17) is 4.74 Å². The van der Waals surface area contributed by atoms with Crippen molar-refractivity contribution in [1.82, 2.24) is 15.1 Å². The van der Waals surface area contributed by atoms with Crippen LogP contribution < -0.4 is 5.32 Å². The molecule has 19 heavy (non-hydrogen) atoms. The first-order chi connectivity index (χ1) is 9.24.